The first-order valence-electron chi connectivity index (χ1n) is 6.21. The maximum absolute atomic E-state index is 5.81. The first-order chi connectivity index (χ1) is 10.6. The summed E-state index contributed by atoms with van der Waals surface area (Å²) < 4.78 is -3.04. The first-order valence-corrected chi connectivity index (χ1v) is 9.29. The molecule has 2 aromatic rings. The monoisotopic (exact) mass is 449 g/mol. The van der Waals surface area contributed by atoms with Gasteiger partial charge in [0.15, 0.2) is 12.7 Å². The number of aromatic nitrogens is 3. The Hall–Kier alpha value is 0.320. The molecular weight excluding hydrogens is 443 g/mol. The maximum Gasteiger partial charge on any atom is 0.197 e. The topological polar surface area (TPSA) is 38.7 Å². The quantitative estimate of drug-likeness (QED) is 0.546. The maximum atomic E-state index is 5.81. The summed E-state index contributed by atoms with van der Waals surface area (Å²) in [7, 11) is 0. The molecule has 0 bridgehead atoms. The van der Waals surface area contributed by atoms with Gasteiger partial charge in [0, 0.05) is 4.90 Å². The van der Waals surface area contributed by atoms with Crippen LogP contribution in [0.1, 0.15) is 11.6 Å². The number of halogens is 6. The summed E-state index contributed by atoms with van der Waals surface area (Å²) in [5, 5.41) is 0.444. The highest BCUT2D eigenvalue weighted by atomic mass is 35.6. The van der Waals surface area contributed by atoms with Crippen LogP contribution in [0, 0.1) is 0 Å². The molecule has 0 aliphatic heterocycles. The number of benzene rings is 1. The molecule has 3 nitrogen and oxygen atoms in total. The van der Waals surface area contributed by atoms with Gasteiger partial charge in [-0.3, -0.25) is 0 Å². The number of hydrogen-bond acceptors (Lipinski definition) is 4. The molecule has 23 heavy (non-hydrogen) atoms. The first kappa shape index (κ1) is 19.6. The van der Waals surface area contributed by atoms with Gasteiger partial charge in [0.05, 0.1) is 12.8 Å². The van der Waals surface area contributed by atoms with Crippen molar-refractivity contribution in [3.05, 3.63) is 42.0 Å². The van der Waals surface area contributed by atoms with E-state index in [-0.39, 0.29) is 12.8 Å². The second-order valence-corrected chi connectivity index (χ2v) is 10.5. The van der Waals surface area contributed by atoms with Crippen molar-refractivity contribution in [1.29, 1.82) is 0 Å². The number of alkyl halides is 6. The van der Waals surface area contributed by atoms with Crippen LogP contribution < -0.4 is 0 Å². The number of rotatable bonds is 4. The lowest BCUT2D eigenvalue weighted by Crippen LogP contribution is -2.16. The van der Waals surface area contributed by atoms with Crippen molar-refractivity contribution in [2.45, 2.75) is 30.5 Å². The highest BCUT2D eigenvalue weighted by molar-refractivity contribution is 7.99. The number of nitrogens with zero attached hydrogens (tertiary/aromatic N) is 3. The van der Waals surface area contributed by atoms with Crippen LogP contribution in [0.2, 0.25) is 0 Å². The lowest BCUT2D eigenvalue weighted by molar-refractivity contribution is 0.732. The van der Waals surface area contributed by atoms with Crippen LogP contribution >= 0.6 is 81.4 Å². The molecule has 124 valence electrons. The second-order valence-electron chi connectivity index (χ2n) is 4.45. The van der Waals surface area contributed by atoms with E-state index in [1.807, 2.05) is 30.3 Å². The summed E-state index contributed by atoms with van der Waals surface area (Å²) in [5.74, 6) is 0.644. The minimum absolute atomic E-state index is 0.0232. The SMILES string of the molecule is ClC(Cl)(Cl)Cc1nc(CC(Cl)(Cl)Cl)nc(Sc2ccccc2)n1. The zero-order valence-electron chi connectivity index (χ0n) is 11.3. The van der Waals surface area contributed by atoms with E-state index < -0.39 is 7.59 Å². The Bertz CT molecular complexity index is 623. The van der Waals surface area contributed by atoms with Crippen molar-refractivity contribution in [3.8, 4) is 0 Å². The Kier molecular flexibility index (Phi) is 6.95. The summed E-state index contributed by atoms with van der Waals surface area (Å²) >= 11 is 36.2. The van der Waals surface area contributed by atoms with Crippen molar-refractivity contribution in [1.82, 2.24) is 15.0 Å². The van der Waals surface area contributed by atoms with E-state index in [9.17, 15) is 0 Å². The highest BCUT2D eigenvalue weighted by Crippen LogP contribution is 2.33. The third-order valence-electron chi connectivity index (χ3n) is 2.38. The van der Waals surface area contributed by atoms with Crippen LogP contribution in [0.4, 0.5) is 0 Å². The Morgan fingerprint density at radius 3 is 1.65 bits per heavy atom. The molecule has 0 saturated carbocycles. The summed E-state index contributed by atoms with van der Waals surface area (Å²) in [6.07, 6.45) is 0.0464. The predicted octanol–water partition coefficient (Wildman–Crippen LogP) is 5.85. The van der Waals surface area contributed by atoms with E-state index >= 15 is 0 Å². The fourth-order valence-electron chi connectivity index (χ4n) is 1.60. The molecule has 2 rings (SSSR count). The minimum atomic E-state index is -1.52. The predicted molar refractivity (Wildman–Crippen MR) is 98.4 cm³/mol. The molecule has 0 radical (unpaired) electrons. The van der Waals surface area contributed by atoms with E-state index in [0.29, 0.717) is 16.8 Å². The molecule has 10 heteroatoms. The summed E-state index contributed by atoms with van der Waals surface area (Å²) in [5.41, 5.74) is 0. The molecule has 0 aliphatic carbocycles. The minimum Gasteiger partial charge on any atom is -0.218 e. The molecule has 0 amide bonds. The van der Waals surface area contributed by atoms with Gasteiger partial charge in [0.25, 0.3) is 0 Å². The second kappa shape index (κ2) is 8.13. The van der Waals surface area contributed by atoms with Gasteiger partial charge in [-0.05, 0) is 23.9 Å². The molecule has 0 saturated heterocycles. The van der Waals surface area contributed by atoms with Crippen molar-refractivity contribution in [2.75, 3.05) is 0 Å². The van der Waals surface area contributed by atoms with Gasteiger partial charge >= 0.3 is 0 Å². The molecule has 1 heterocycles. The zero-order valence-corrected chi connectivity index (χ0v) is 16.7. The van der Waals surface area contributed by atoms with E-state index in [0.717, 1.165) is 4.90 Å². The summed E-state index contributed by atoms with van der Waals surface area (Å²) in [6, 6.07) is 9.59. The standard InChI is InChI=1S/C13H9Cl6N3S/c14-12(15,16)6-9-20-10(7-13(17,18)19)22-11(21-9)23-8-4-2-1-3-5-8/h1-5H,6-7H2. The van der Waals surface area contributed by atoms with E-state index in [4.69, 9.17) is 69.6 Å². The van der Waals surface area contributed by atoms with Crippen LogP contribution in [-0.2, 0) is 12.8 Å². The fourth-order valence-corrected chi connectivity index (χ4v) is 3.12. The van der Waals surface area contributed by atoms with Crippen molar-refractivity contribution < 1.29 is 0 Å². The van der Waals surface area contributed by atoms with Crippen molar-refractivity contribution >= 4 is 81.4 Å². The molecule has 0 unspecified atom stereocenters. The molecule has 1 aromatic carbocycles. The average molecular weight is 452 g/mol. The van der Waals surface area contributed by atoms with Crippen LogP contribution in [0.25, 0.3) is 0 Å². The summed E-state index contributed by atoms with van der Waals surface area (Å²) in [4.78, 5) is 13.8. The van der Waals surface area contributed by atoms with Crippen molar-refractivity contribution in [3.63, 3.8) is 0 Å². The van der Waals surface area contributed by atoms with Gasteiger partial charge in [-0.25, -0.2) is 15.0 Å². The third kappa shape index (κ3) is 7.82. The molecule has 0 fully saturated rings. The zero-order chi connectivity index (χ0) is 17.1. The Morgan fingerprint density at radius 1 is 0.739 bits per heavy atom. The molecule has 0 N–H and O–H groups in total. The van der Waals surface area contributed by atoms with E-state index in [1.165, 1.54) is 11.8 Å². The van der Waals surface area contributed by atoms with Gasteiger partial charge in [-0.15, -0.1) is 0 Å². The van der Waals surface area contributed by atoms with Crippen LogP contribution in [0.15, 0.2) is 40.4 Å². The molecule has 0 aliphatic rings. The van der Waals surface area contributed by atoms with Gasteiger partial charge in [0.2, 0.25) is 0 Å². The third-order valence-corrected chi connectivity index (χ3v) is 4.05. The Balaban J connectivity index is 2.32. The average Bonchev–Trinajstić information content (AvgIpc) is 2.35. The van der Waals surface area contributed by atoms with Gasteiger partial charge < -0.3 is 0 Å². The van der Waals surface area contributed by atoms with E-state index in [1.54, 1.807) is 0 Å². The van der Waals surface area contributed by atoms with Crippen LogP contribution in [-0.4, -0.2) is 22.5 Å². The van der Waals surface area contributed by atoms with E-state index in [2.05, 4.69) is 15.0 Å². The Labute approximate surface area is 168 Å². The van der Waals surface area contributed by atoms with Gasteiger partial charge in [-0.1, -0.05) is 87.8 Å². The molecule has 0 atom stereocenters. The largest absolute Gasteiger partial charge is 0.218 e. The van der Waals surface area contributed by atoms with Crippen molar-refractivity contribution in [2.24, 2.45) is 0 Å². The van der Waals surface area contributed by atoms with Crippen LogP contribution in [0.5, 0.6) is 0 Å². The molecule has 0 spiro atoms. The normalized spacial score (nSPS) is 12.4. The van der Waals surface area contributed by atoms with Gasteiger partial charge in [-0.2, -0.15) is 0 Å². The molecular formula is C13H9Cl6N3S. The summed E-state index contributed by atoms with van der Waals surface area (Å²) in [6.45, 7) is 0. The van der Waals surface area contributed by atoms with Crippen LogP contribution in [0.3, 0.4) is 0 Å². The molecule has 1 aromatic heterocycles. The smallest absolute Gasteiger partial charge is 0.197 e. The lowest BCUT2D eigenvalue weighted by atomic mass is 10.4. The number of hydrogen-bond donors (Lipinski definition) is 0. The van der Waals surface area contributed by atoms with Gasteiger partial charge in [0.1, 0.15) is 11.6 Å². The Morgan fingerprint density at radius 2 is 1.22 bits per heavy atom. The fraction of sp³-hybridized carbons (Fsp3) is 0.308. The lowest BCUT2D eigenvalue weighted by Gasteiger charge is -2.13. The highest BCUT2D eigenvalue weighted by Gasteiger charge is 2.26.